The highest BCUT2D eigenvalue weighted by Gasteiger charge is 2.64. The van der Waals surface area contributed by atoms with Crippen molar-refractivity contribution in [3.8, 4) is 5.75 Å². The van der Waals surface area contributed by atoms with Gasteiger partial charge in [0.25, 0.3) is 5.91 Å². The monoisotopic (exact) mass is 615 g/mol. The highest BCUT2D eigenvalue weighted by Crippen LogP contribution is 2.54. The zero-order valence-corrected chi connectivity index (χ0v) is 24.8. The highest BCUT2D eigenvalue weighted by atomic mass is 35.5. The van der Waals surface area contributed by atoms with Gasteiger partial charge >= 0.3 is 0 Å². The molecule has 8 N–H and O–H groups in total. The lowest BCUT2D eigenvalue weighted by molar-refractivity contribution is -0.153. The van der Waals surface area contributed by atoms with Gasteiger partial charge in [-0.2, -0.15) is 0 Å². The van der Waals surface area contributed by atoms with Crippen molar-refractivity contribution in [1.29, 1.82) is 0 Å². The van der Waals surface area contributed by atoms with Crippen LogP contribution in [0.2, 0.25) is 0 Å². The molecule has 1 aromatic carbocycles. The van der Waals surface area contributed by atoms with E-state index in [0.717, 1.165) is 0 Å². The number of carbonyl (C=O) groups excluding carboxylic acids is 4. The molecule has 0 aromatic heterocycles. The van der Waals surface area contributed by atoms with Gasteiger partial charge in [-0.05, 0) is 51.5 Å². The number of nitrogens with two attached hydrogens (primary N) is 1. The van der Waals surface area contributed by atoms with Gasteiger partial charge in [-0.15, -0.1) is 24.8 Å². The van der Waals surface area contributed by atoms with Crippen LogP contribution in [0, 0.1) is 11.8 Å². The Bertz CT molecular complexity index is 1380. The van der Waals surface area contributed by atoms with Crippen LogP contribution in [0.3, 0.4) is 0 Å². The number of primary amides is 1. The van der Waals surface area contributed by atoms with Gasteiger partial charge in [-0.1, -0.05) is 0 Å². The number of rotatable bonds is 6. The van der Waals surface area contributed by atoms with Crippen molar-refractivity contribution in [2.75, 3.05) is 52.0 Å². The second-order valence-electron chi connectivity index (χ2n) is 10.6. The number of benzene rings is 1. The van der Waals surface area contributed by atoms with Crippen molar-refractivity contribution in [3.05, 3.63) is 34.1 Å². The Morgan fingerprint density at radius 3 is 2.24 bits per heavy atom. The minimum atomic E-state index is -2.72. The molecule has 13 nitrogen and oxygen atoms in total. The molecule has 226 valence electrons. The first-order valence-corrected chi connectivity index (χ1v) is 12.3. The number of phenolic OH excluding ortho intramolecular Hbond substituents is 1. The number of anilines is 2. The van der Waals surface area contributed by atoms with Crippen LogP contribution in [0.5, 0.6) is 5.75 Å². The highest BCUT2D eigenvalue weighted by molar-refractivity contribution is 6.24. The van der Waals surface area contributed by atoms with Crippen LogP contribution in [0.25, 0.3) is 5.76 Å². The maximum absolute atomic E-state index is 14.0. The zero-order valence-electron chi connectivity index (χ0n) is 23.1. The number of aliphatic hydroxyl groups excluding tert-OH is 2. The summed E-state index contributed by atoms with van der Waals surface area (Å²) in [5.41, 5.74) is 2.44. The molecule has 41 heavy (non-hydrogen) atoms. The van der Waals surface area contributed by atoms with Crippen molar-refractivity contribution in [3.63, 3.8) is 0 Å². The first-order valence-electron chi connectivity index (χ1n) is 12.3. The van der Waals surface area contributed by atoms with Crippen LogP contribution in [0.15, 0.2) is 23.0 Å². The van der Waals surface area contributed by atoms with Crippen LogP contribution in [-0.2, 0) is 25.6 Å². The summed E-state index contributed by atoms with van der Waals surface area (Å²) in [6.07, 6.45) is 0.125. The Balaban J connectivity index is 0.00000294. The number of hydrogen-bond donors (Lipinski definition) is 7. The summed E-state index contributed by atoms with van der Waals surface area (Å²) in [6, 6.07) is 0.399. The van der Waals surface area contributed by atoms with Crippen LogP contribution >= 0.6 is 24.8 Å². The quantitative estimate of drug-likeness (QED) is 0.168. The number of phenols is 1. The molecule has 15 heteroatoms. The Morgan fingerprint density at radius 2 is 1.73 bits per heavy atom. The molecule has 0 radical (unpaired) electrons. The van der Waals surface area contributed by atoms with Gasteiger partial charge in [-0.3, -0.25) is 24.1 Å². The third-order valence-corrected chi connectivity index (χ3v) is 7.79. The van der Waals surface area contributed by atoms with Gasteiger partial charge < -0.3 is 41.7 Å². The Labute approximate surface area is 248 Å². The molecule has 0 spiro atoms. The van der Waals surface area contributed by atoms with Crippen LogP contribution in [0.4, 0.5) is 11.4 Å². The van der Waals surface area contributed by atoms with Gasteiger partial charge in [-0.25, -0.2) is 0 Å². The number of aliphatic hydroxyl groups is 3. The summed E-state index contributed by atoms with van der Waals surface area (Å²) < 4.78 is 0. The van der Waals surface area contributed by atoms with Crippen molar-refractivity contribution < 1.29 is 39.6 Å². The van der Waals surface area contributed by atoms with Crippen molar-refractivity contribution in [2.45, 2.75) is 24.5 Å². The molecular weight excluding hydrogens is 581 g/mol. The van der Waals surface area contributed by atoms with E-state index < -0.39 is 69.7 Å². The molecule has 3 aliphatic carbocycles. The van der Waals surface area contributed by atoms with E-state index in [1.807, 2.05) is 0 Å². The average molecular weight is 616 g/mol. The molecule has 4 atom stereocenters. The largest absolute Gasteiger partial charge is 0.508 e. The van der Waals surface area contributed by atoms with Crippen LogP contribution in [0.1, 0.15) is 17.5 Å². The van der Waals surface area contributed by atoms with Gasteiger partial charge in [0.2, 0.25) is 11.7 Å². The number of nitrogens with one attached hydrogen (secondary N) is 2. The topological polar surface area (TPSA) is 206 Å². The van der Waals surface area contributed by atoms with Crippen molar-refractivity contribution in [1.82, 2.24) is 10.2 Å². The summed E-state index contributed by atoms with van der Waals surface area (Å²) in [6.45, 7) is -0.0462. The average Bonchev–Trinajstić information content (AvgIpc) is 2.82. The zero-order chi connectivity index (χ0) is 29.1. The second-order valence-corrected chi connectivity index (χ2v) is 10.6. The van der Waals surface area contributed by atoms with E-state index in [9.17, 15) is 39.6 Å². The Kier molecular flexibility index (Phi) is 9.79. The van der Waals surface area contributed by atoms with E-state index >= 15 is 0 Å². The molecule has 1 aromatic rings. The van der Waals surface area contributed by atoms with E-state index in [0.29, 0.717) is 11.3 Å². The molecule has 0 aliphatic heterocycles. The number of fused-ring (bicyclic) bond motifs is 3. The maximum atomic E-state index is 14.0. The molecule has 3 aliphatic rings. The third kappa shape index (κ3) is 5.01. The summed E-state index contributed by atoms with van der Waals surface area (Å²) >= 11 is 0. The lowest BCUT2D eigenvalue weighted by atomic mass is 9.57. The van der Waals surface area contributed by atoms with E-state index in [1.54, 1.807) is 46.2 Å². The van der Waals surface area contributed by atoms with E-state index in [4.69, 9.17) is 5.73 Å². The molecule has 0 heterocycles. The summed E-state index contributed by atoms with van der Waals surface area (Å²) in [5.74, 6) is -7.78. The number of Topliss-reactive ketones (excluding diaryl/α,β-unsaturated/α-hetero) is 2. The second kappa shape index (κ2) is 11.9. The number of nitrogens with zero attached hydrogens (tertiary/aromatic N) is 2. The molecule has 0 bridgehead atoms. The lowest BCUT2D eigenvalue weighted by Gasteiger charge is -2.50. The molecular formula is C26H35Cl2N5O8. The Hall–Kier alpha value is -3.36. The standard InChI is InChI=1S/C26H33N5O8.2ClH/c1-28-9-15(32)29-13-8-14(30(2)3)11-6-10-7-12-19(31(4)5)22(35)18(25(27)38)24(37)26(12,39)23(36)16(10)21(34)17(11)20(13)33;;/h8,10,12,19,28,33-34,37,39H,6-7,9H2,1-5H3,(H2,27,38)(H,29,32);2*1H/t10?,12?,19-,26?;;/m0../s1. The van der Waals surface area contributed by atoms with Gasteiger partial charge in [0, 0.05) is 31.3 Å². The fourth-order valence-electron chi connectivity index (χ4n) is 6.14. The van der Waals surface area contributed by atoms with Crippen molar-refractivity contribution in [2.24, 2.45) is 17.6 Å². The molecule has 3 unspecified atom stereocenters. The fraction of sp³-hybridized carbons (Fsp3) is 0.462. The molecule has 1 saturated carbocycles. The van der Waals surface area contributed by atoms with Gasteiger partial charge in [0.1, 0.15) is 22.8 Å². The third-order valence-electron chi connectivity index (χ3n) is 7.79. The fourth-order valence-corrected chi connectivity index (χ4v) is 6.14. The van der Waals surface area contributed by atoms with Crippen molar-refractivity contribution >= 4 is 65.3 Å². The molecule has 1 fully saturated rings. The molecule has 0 saturated heterocycles. The molecule has 2 amide bonds. The first kappa shape index (κ1) is 33.8. The molecule has 4 rings (SSSR count). The first-order chi connectivity index (χ1) is 18.2. The van der Waals surface area contributed by atoms with E-state index in [2.05, 4.69) is 10.6 Å². The SMILES string of the molecule is CNCC(=O)Nc1cc(N(C)C)c2c(c1O)C(O)=C1C(=O)C3(O)C(O)=C(C(N)=O)C(=O)[C@@H](N(C)C)C3CC1C2.Cl.Cl. The predicted octanol–water partition coefficient (Wildman–Crippen LogP) is 0.0315. The number of hydrogen-bond acceptors (Lipinski definition) is 11. The van der Waals surface area contributed by atoms with E-state index in [1.165, 1.54) is 4.90 Å². The lowest BCUT2D eigenvalue weighted by Crippen LogP contribution is -2.65. The minimum absolute atomic E-state index is 0. The normalized spacial score (nSPS) is 25.0. The number of carbonyl (C=O) groups is 4. The predicted molar refractivity (Wildman–Crippen MR) is 156 cm³/mol. The number of likely N-dealkylation sites (N-methyl/N-ethyl adjacent to an activating group) is 2. The maximum Gasteiger partial charge on any atom is 0.255 e. The number of aromatic hydroxyl groups is 1. The number of halogens is 2. The number of amides is 2. The van der Waals surface area contributed by atoms with Gasteiger partial charge in [0.05, 0.1) is 23.8 Å². The van der Waals surface area contributed by atoms with Crippen LogP contribution < -0.4 is 21.3 Å². The number of ketones is 2. The summed E-state index contributed by atoms with van der Waals surface area (Å²) in [5, 5.41) is 50.5. The minimum Gasteiger partial charge on any atom is -0.508 e. The Morgan fingerprint density at radius 1 is 1.12 bits per heavy atom. The van der Waals surface area contributed by atoms with E-state index in [-0.39, 0.29) is 61.0 Å². The van der Waals surface area contributed by atoms with Crippen LogP contribution in [-0.4, -0.2) is 102 Å². The smallest absolute Gasteiger partial charge is 0.255 e. The van der Waals surface area contributed by atoms with Gasteiger partial charge in [0.15, 0.2) is 11.4 Å². The summed E-state index contributed by atoms with van der Waals surface area (Å²) in [7, 11) is 8.14. The summed E-state index contributed by atoms with van der Waals surface area (Å²) in [4.78, 5) is 54.7.